The van der Waals surface area contributed by atoms with Gasteiger partial charge in [-0.25, -0.2) is 0 Å². The maximum atomic E-state index is 12.1. The van der Waals surface area contributed by atoms with Crippen molar-refractivity contribution in [1.29, 1.82) is 0 Å². The zero-order valence-electron chi connectivity index (χ0n) is 23.1. The first-order valence-electron chi connectivity index (χ1n) is 14.8. The molecule has 0 aromatic carbocycles. The largest absolute Gasteiger partial charge is 0.481 e. The van der Waals surface area contributed by atoms with Gasteiger partial charge in [0.25, 0.3) is 0 Å². The van der Waals surface area contributed by atoms with Gasteiger partial charge in [0, 0.05) is 32.1 Å². The standard InChI is InChI=1S/C30H54O6/c1-2-3-4-5-6-7-8-9-10-11-12-13-16-21-27(31)22-17-14-15-20-26(30(35)36)25-28(32)23-18-19-24-29(33)34/h26H,2-25H2,1H3,(H,33,34)(H,35,36). The molecule has 6 nitrogen and oxygen atoms in total. The molecule has 1 atom stereocenters. The Hall–Kier alpha value is -1.72. The fraction of sp³-hybridized carbons (Fsp3) is 0.867. The smallest absolute Gasteiger partial charge is 0.306 e. The highest BCUT2D eigenvalue weighted by Gasteiger charge is 2.20. The van der Waals surface area contributed by atoms with Crippen LogP contribution in [0.4, 0.5) is 0 Å². The Morgan fingerprint density at radius 1 is 0.500 bits per heavy atom. The van der Waals surface area contributed by atoms with Gasteiger partial charge in [-0.15, -0.1) is 0 Å². The van der Waals surface area contributed by atoms with Crippen LogP contribution < -0.4 is 0 Å². The van der Waals surface area contributed by atoms with Crippen LogP contribution in [0.2, 0.25) is 0 Å². The van der Waals surface area contributed by atoms with Crippen molar-refractivity contribution in [3.8, 4) is 0 Å². The van der Waals surface area contributed by atoms with Crippen molar-refractivity contribution in [2.24, 2.45) is 5.92 Å². The van der Waals surface area contributed by atoms with Crippen molar-refractivity contribution >= 4 is 23.5 Å². The molecule has 0 aliphatic heterocycles. The number of hydrogen-bond donors (Lipinski definition) is 2. The van der Waals surface area contributed by atoms with Crippen molar-refractivity contribution in [2.75, 3.05) is 0 Å². The summed E-state index contributed by atoms with van der Waals surface area (Å²) in [6, 6.07) is 0. The number of rotatable bonds is 28. The minimum Gasteiger partial charge on any atom is -0.481 e. The molecule has 0 saturated heterocycles. The Balaban J connectivity index is 3.61. The van der Waals surface area contributed by atoms with Crippen LogP contribution in [-0.2, 0) is 19.2 Å². The predicted octanol–water partition coefficient (Wildman–Crippen LogP) is 8.29. The Morgan fingerprint density at radius 3 is 1.36 bits per heavy atom. The summed E-state index contributed by atoms with van der Waals surface area (Å²) in [5.41, 5.74) is 0. The van der Waals surface area contributed by atoms with Crippen LogP contribution in [0.1, 0.15) is 161 Å². The number of carboxylic acids is 2. The molecule has 0 radical (unpaired) electrons. The van der Waals surface area contributed by atoms with Crippen molar-refractivity contribution in [3.05, 3.63) is 0 Å². The Bertz CT molecular complexity index is 586. The highest BCUT2D eigenvalue weighted by molar-refractivity contribution is 5.83. The molecule has 0 rings (SSSR count). The van der Waals surface area contributed by atoms with Gasteiger partial charge in [-0.1, -0.05) is 96.8 Å². The molecule has 2 N–H and O–H groups in total. The van der Waals surface area contributed by atoms with E-state index in [-0.39, 0.29) is 25.0 Å². The molecule has 0 fully saturated rings. The van der Waals surface area contributed by atoms with Gasteiger partial charge in [-0.2, -0.15) is 0 Å². The van der Waals surface area contributed by atoms with Crippen LogP contribution in [0.15, 0.2) is 0 Å². The maximum absolute atomic E-state index is 12.1. The number of Topliss-reactive ketones (excluding diaryl/α,β-unsaturated/α-hetero) is 2. The zero-order valence-corrected chi connectivity index (χ0v) is 23.1. The van der Waals surface area contributed by atoms with Crippen LogP contribution in [0.5, 0.6) is 0 Å². The average Bonchev–Trinajstić information content (AvgIpc) is 2.83. The number of carboxylic acid groups (broad SMARTS) is 2. The third kappa shape index (κ3) is 24.0. The van der Waals surface area contributed by atoms with Gasteiger partial charge in [0.1, 0.15) is 11.6 Å². The lowest BCUT2D eigenvalue weighted by molar-refractivity contribution is -0.144. The van der Waals surface area contributed by atoms with Gasteiger partial charge >= 0.3 is 11.9 Å². The first-order valence-corrected chi connectivity index (χ1v) is 14.8. The number of unbranched alkanes of at least 4 members (excludes halogenated alkanes) is 15. The molecule has 0 aliphatic carbocycles. The molecular weight excluding hydrogens is 456 g/mol. The van der Waals surface area contributed by atoms with E-state index in [0.717, 1.165) is 25.7 Å². The number of ketones is 2. The second-order valence-corrected chi connectivity index (χ2v) is 10.5. The third-order valence-corrected chi connectivity index (χ3v) is 6.99. The summed E-state index contributed by atoms with van der Waals surface area (Å²) in [6.07, 6.45) is 22.1. The van der Waals surface area contributed by atoms with Crippen LogP contribution in [-0.4, -0.2) is 33.7 Å². The number of hydrogen-bond acceptors (Lipinski definition) is 4. The van der Waals surface area contributed by atoms with E-state index in [1.807, 2.05) is 0 Å². The quantitative estimate of drug-likeness (QED) is 0.102. The minimum atomic E-state index is -0.952. The topological polar surface area (TPSA) is 109 Å². The van der Waals surface area contributed by atoms with E-state index in [1.165, 1.54) is 70.6 Å². The fourth-order valence-corrected chi connectivity index (χ4v) is 4.64. The summed E-state index contributed by atoms with van der Waals surface area (Å²) >= 11 is 0. The van der Waals surface area contributed by atoms with Crippen LogP contribution >= 0.6 is 0 Å². The lowest BCUT2D eigenvalue weighted by atomic mass is 9.93. The second-order valence-electron chi connectivity index (χ2n) is 10.5. The molecule has 210 valence electrons. The molecule has 0 amide bonds. The van der Waals surface area contributed by atoms with Gasteiger partial charge in [0.2, 0.25) is 0 Å². The molecule has 0 bridgehead atoms. The van der Waals surface area contributed by atoms with E-state index in [2.05, 4.69) is 6.92 Å². The molecule has 0 saturated carbocycles. The summed E-state index contributed by atoms with van der Waals surface area (Å²) in [5, 5.41) is 18.0. The summed E-state index contributed by atoms with van der Waals surface area (Å²) in [5.74, 6) is -2.32. The van der Waals surface area contributed by atoms with E-state index >= 15 is 0 Å². The van der Waals surface area contributed by atoms with Gasteiger partial charge < -0.3 is 10.2 Å². The van der Waals surface area contributed by atoms with Crippen molar-refractivity contribution in [3.63, 3.8) is 0 Å². The number of aliphatic carboxylic acids is 2. The maximum Gasteiger partial charge on any atom is 0.306 e. The van der Waals surface area contributed by atoms with Crippen LogP contribution in [0.3, 0.4) is 0 Å². The van der Waals surface area contributed by atoms with Gasteiger partial charge in [-0.3, -0.25) is 19.2 Å². The highest BCUT2D eigenvalue weighted by atomic mass is 16.4. The molecule has 6 heteroatoms. The predicted molar refractivity (Wildman–Crippen MR) is 145 cm³/mol. The van der Waals surface area contributed by atoms with E-state index in [4.69, 9.17) is 5.11 Å². The second kappa shape index (κ2) is 25.0. The van der Waals surface area contributed by atoms with Crippen LogP contribution in [0.25, 0.3) is 0 Å². The van der Waals surface area contributed by atoms with Gasteiger partial charge in [0.05, 0.1) is 5.92 Å². The van der Waals surface area contributed by atoms with E-state index in [9.17, 15) is 24.3 Å². The van der Waals surface area contributed by atoms with Crippen LogP contribution in [0, 0.1) is 5.92 Å². The van der Waals surface area contributed by atoms with Crippen molar-refractivity contribution < 1.29 is 29.4 Å². The number of carbonyl (C=O) groups excluding carboxylic acids is 2. The van der Waals surface area contributed by atoms with E-state index < -0.39 is 17.9 Å². The summed E-state index contributed by atoms with van der Waals surface area (Å²) < 4.78 is 0. The molecular formula is C30H54O6. The zero-order chi connectivity index (χ0) is 26.9. The molecule has 0 spiro atoms. The molecule has 0 heterocycles. The summed E-state index contributed by atoms with van der Waals surface area (Å²) in [7, 11) is 0. The lowest BCUT2D eigenvalue weighted by Crippen LogP contribution is -2.18. The highest BCUT2D eigenvalue weighted by Crippen LogP contribution is 2.18. The number of carbonyl (C=O) groups is 4. The Labute approximate surface area is 220 Å². The Morgan fingerprint density at radius 2 is 0.889 bits per heavy atom. The lowest BCUT2D eigenvalue weighted by Gasteiger charge is -2.11. The first kappa shape index (κ1) is 34.3. The SMILES string of the molecule is CCCCCCCCCCCCCCCC(=O)CCCCCC(CC(=O)CCCCC(=O)O)C(=O)O. The average molecular weight is 511 g/mol. The normalized spacial score (nSPS) is 11.9. The first-order chi connectivity index (χ1) is 17.4. The Kier molecular flexibility index (Phi) is 23.8. The molecule has 36 heavy (non-hydrogen) atoms. The molecule has 0 aliphatic rings. The summed E-state index contributed by atoms with van der Waals surface area (Å²) in [6.45, 7) is 2.25. The van der Waals surface area contributed by atoms with E-state index in [0.29, 0.717) is 44.3 Å². The fourth-order valence-electron chi connectivity index (χ4n) is 4.64. The van der Waals surface area contributed by atoms with Crippen molar-refractivity contribution in [1.82, 2.24) is 0 Å². The monoisotopic (exact) mass is 510 g/mol. The van der Waals surface area contributed by atoms with Gasteiger partial charge in [0.15, 0.2) is 0 Å². The minimum absolute atomic E-state index is 0.0143. The van der Waals surface area contributed by atoms with Gasteiger partial charge in [-0.05, 0) is 32.1 Å². The molecule has 0 aromatic rings. The molecule has 1 unspecified atom stereocenters. The van der Waals surface area contributed by atoms with Crippen molar-refractivity contribution in [2.45, 2.75) is 161 Å². The summed E-state index contributed by atoms with van der Waals surface area (Å²) in [4.78, 5) is 46.0. The third-order valence-electron chi connectivity index (χ3n) is 6.99. The molecule has 0 aromatic heterocycles. The van der Waals surface area contributed by atoms with E-state index in [1.54, 1.807) is 0 Å².